The average molecular weight is 541 g/mol. The first-order valence-electron chi connectivity index (χ1n) is 13.1. The summed E-state index contributed by atoms with van der Waals surface area (Å²) >= 11 is 0. The molecule has 0 fully saturated rings. The van der Waals surface area contributed by atoms with Crippen molar-refractivity contribution in [3.63, 3.8) is 0 Å². The molecule has 2 aromatic rings. The number of nitrogens with one attached hydrogen (secondary N) is 3. The fraction of sp³-hybridized carbons (Fsp3) is 0.448. The Morgan fingerprint density at radius 3 is 2.13 bits per heavy atom. The van der Waals surface area contributed by atoms with E-state index in [4.69, 9.17) is 4.74 Å². The van der Waals surface area contributed by atoms with Gasteiger partial charge in [-0.2, -0.15) is 0 Å². The molecule has 0 bridgehead atoms. The van der Waals surface area contributed by atoms with Gasteiger partial charge in [0.1, 0.15) is 12.6 Å². The number of Topliss-reactive ketones (excluding diaryl/α,β-unsaturated/α-hetero) is 1. The molecule has 3 atom stereocenters. The molecule has 0 radical (unpaired) electrons. The molecule has 0 aromatic heterocycles. The number of amides is 3. The van der Waals surface area contributed by atoms with Crippen molar-refractivity contribution in [3.8, 4) is 0 Å². The zero-order valence-electron chi connectivity index (χ0n) is 23.3. The van der Waals surface area contributed by atoms with Crippen LogP contribution in [0.25, 0.3) is 0 Å². The maximum Gasteiger partial charge on any atom is 0.408 e. The van der Waals surface area contributed by atoms with E-state index in [0.29, 0.717) is 12.0 Å². The molecule has 0 heterocycles. The summed E-state index contributed by atoms with van der Waals surface area (Å²) in [5.74, 6) is -2.28. The van der Waals surface area contributed by atoms with Crippen LogP contribution in [-0.2, 0) is 25.7 Å². The third-order valence-electron chi connectivity index (χ3n) is 6.04. The van der Waals surface area contributed by atoms with Gasteiger partial charge in [0.15, 0.2) is 0 Å². The van der Waals surface area contributed by atoms with E-state index in [9.17, 15) is 24.3 Å². The SMILES string of the molecule is CC[C@H](NC(=O)[C@H](CC(C)C)NC(=O)OCc1ccccc1)C(=O)C(=O)NCC(O)c1ccc(N(C)C)cc1. The molecule has 3 amide bonds. The largest absolute Gasteiger partial charge is 0.445 e. The smallest absolute Gasteiger partial charge is 0.408 e. The summed E-state index contributed by atoms with van der Waals surface area (Å²) in [7, 11) is 3.80. The molecule has 0 saturated carbocycles. The van der Waals surface area contributed by atoms with Gasteiger partial charge in [-0.3, -0.25) is 14.4 Å². The molecule has 0 spiro atoms. The lowest BCUT2D eigenvalue weighted by Gasteiger charge is -2.23. The lowest BCUT2D eigenvalue weighted by Crippen LogP contribution is -2.54. The second-order valence-corrected chi connectivity index (χ2v) is 9.93. The van der Waals surface area contributed by atoms with E-state index in [1.165, 1.54) is 0 Å². The van der Waals surface area contributed by atoms with Crippen molar-refractivity contribution in [1.29, 1.82) is 0 Å². The maximum atomic E-state index is 13.0. The average Bonchev–Trinajstić information content (AvgIpc) is 2.92. The van der Waals surface area contributed by atoms with Crippen LogP contribution in [0.2, 0.25) is 0 Å². The van der Waals surface area contributed by atoms with E-state index < -0.39 is 41.9 Å². The van der Waals surface area contributed by atoms with Crippen molar-refractivity contribution in [1.82, 2.24) is 16.0 Å². The highest BCUT2D eigenvalue weighted by Crippen LogP contribution is 2.17. The number of alkyl carbamates (subject to hydrolysis) is 1. The molecule has 10 nitrogen and oxygen atoms in total. The summed E-state index contributed by atoms with van der Waals surface area (Å²) in [4.78, 5) is 52.6. The van der Waals surface area contributed by atoms with Gasteiger partial charge in [-0.1, -0.05) is 63.2 Å². The Kier molecular flexibility index (Phi) is 12.4. The molecule has 2 aromatic carbocycles. The standard InChI is InChI=1S/C29H40N4O6/c1-6-23(26(35)28(37)30-17-25(34)21-12-14-22(15-13-21)33(4)5)31-27(36)24(16-19(2)3)32-29(38)39-18-20-10-8-7-9-11-20/h7-15,19,23-25,34H,6,16-18H2,1-5H3,(H,30,37)(H,31,36)(H,32,38)/t23-,24-,25?/m0/s1. The number of carbonyl (C=O) groups excluding carboxylic acids is 4. The minimum absolute atomic E-state index is 0.0462. The van der Waals surface area contributed by atoms with Gasteiger partial charge in [-0.15, -0.1) is 0 Å². The third-order valence-corrected chi connectivity index (χ3v) is 6.04. The highest BCUT2D eigenvalue weighted by atomic mass is 16.5. The van der Waals surface area contributed by atoms with Gasteiger partial charge in [0.2, 0.25) is 11.7 Å². The van der Waals surface area contributed by atoms with Crippen LogP contribution in [0.1, 0.15) is 50.8 Å². The highest BCUT2D eigenvalue weighted by Gasteiger charge is 2.30. The van der Waals surface area contributed by atoms with Gasteiger partial charge in [-0.25, -0.2) is 4.79 Å². The van der Waals surface area contributed by atoms with E-state index in [1.807, 2.05) is 75.3 Å². The van der Waals surface area contributed by atoms with Gasteiger partial charge in [-0.05, 0) is 42.0 Å². The molecule has 0 aliphatic heterocycles. The quantitative estimate of drug-likeness (QED) is 0.271. The summed E-state index contributed by atoms with van der Waals surface area (Å²) in [6.45, 7) is 5.33. The Hall–Kier alpha value is -3.92. The molecule has 212 valence electrons. The fourth-order valence-corrected chi connectivity index (χ4v) is 3.78. The zero-order chi connectivity index (χ0) is 28.9. The Morgan fingerprint density at radius 1 is 0.923 bits per heavy atom. The number of ether oxygens (including phenoxy) is 1. The molecule has 0 aliphatic rings. The van der Waals surface area contributed by atoms with Crippen molar-refractivity contribution >= 4 is 29.4 Å². The summed E-state index contributed by atoms with van der Waals surface area (Å²) in [6, 6.07) is 14.3. The molecule has 10 heteroatoms. The minimum Gasteiger partial charge on any atom is -0.445 e. The first-order valence-corrected chi connectivity index (χ1v) is 13.1. The molecule has 1 unspecified atom stereocenters. The number of anilines is 1. The molecular formula is C29H40N4O6. The first-order chi connectivity index (χ1) is 18.5. The second kappa shape index (κ2) is 15.5. The number of rotatable bonds is 14. The number of carbonyl (C=O) groups is 4. The van der Waals surface area contributed by atoms with Gasteiger partial charge < -0.3 is 30.7 Å². The lowest BCUT2D eigenvalue weighted by molar-refractivity contribution is -0.140. The van der Waals surface area contributed by atoms with Crippen LogP contribution in [0.15, 0.2) is 54.6 Å². The Bertz CT molecular complexity index is 1090. The number of aliphatic hydroxyl groups is 1. The summed E-state index contributed by atoms with van der Waals surface area (Å²) in [5.41, 5.74) is 2.35. The fourth-order valence-electron chi connectivity index (χ4n) is 3.78. The minimum atomic E-state index is -1.09. The Balaban J connectivity index is 1.93. The van der Waals surface area contributed by atoms with Gasteiger partial charge >= 0.3 is 6.09 Å². The zero-order valence-corrected chi connectivity index (χ0v) is 23.3. The molecule has 39 heavy (non-hydrogen) atoms. The summed E-state index contributed by atoms with van der Waals surface area (Å²) in [5, 5.41) is 18.0. The molecule has 0 aliphatic carbocycles. The summed E-state index contributed by atoms with van der Waals surface area (Å²) < 4.78 is 5.23. The number of nitrogens with zero attached hydrogens (tertiary/aromatic N) is 1. The molecule has 2 rings (SSSR count). The predicted molar refractivity (Wildman–Crippen MR) is 149 cm³/mol. The normalized spacial score (nSPS) is 13.1. The molecule has 4 N–H and O–H groups in total. The monoisotopic (exact) mass is 540 g/mol. The van der Waals surface area contributed by atoms with E-state index in [1.54, 1.807) is 19.1 Å². The van der Waals surface area contributed by atoms with Gasteiger partial charge in [0.05, 0.1) is 12.1 Å². The topological polar surface area (TPSA) is 137 Å². The second-order valence-electron chi connectivity index (χ2n) is 9.93. The van der Waals surface area contributed by atoms with Crippen molar-refractivity contribution in [2.24, 2.45) is 5.92 Å². The van der Waals surface area contributed by atoms with Crippen LogP contribution in [0.4, 0.5) is 10.5 Å². The van der Waals surface area contributed by atoms with Crippen molar-refractivity contribution in [2.45, 2.75) is 58.4 Å². The van der Waals surface area contributed by atoms with Crippen LogP contribution in [0.3, 0.4) is 0 Å². The number of hydrogen-bond donors (Lipinski definition) is 4. The first kappa shape index (κ1) is 31.3. The molecule has 0 saturated heterocycles. The van der Waals surface area contributed by atoms with Crippen molar-refractivity contribution < 1.29 is 29.0 Å². The maximum absolute atomic E-state index is 13.0. The van der Waals surface area contributed by atoms with Gasteiger partial charge in [0.25, 0.3) is 5.91 Å². The van der Waals surface area contributed by atoms with Gasteiger partial charge in [0, 0.05) is 26.3 Å². The van der Waals surface area contributed by atoms with Crippen LogP contribution in [0.5, 0.6) is 0 Å². The highest BCUT2D eigenvalue weighted by molar-refractivity contribution is 6.38. The van der Waals surface area contributed by atoms with E-state index in [-0.39, 0.29) is 25.5 Å². The number of ketones is 1. The van der Waals surface area contributed by atoms with E-state index >= 15 is 0 Å². The Morgan fingerprint density at radius 2 is 1.56 bits per heavy atom. The van der Waals surface area contributed by atoms with Crippen LogP contribution >= 0.6 is 0 Å². The van der Waals surface area contributed by atoms with Crippen LogP contribution < -0.4 is 20.9 Å². The van der Waals surface area contributed by atoms with E-state index in [0.717, 1.165) is 11.3 Å². The van der Waals surface area contributed by atoms with Crippen LogP contribution in [0, 0.1) is 5.92 Å². The lowest BCUT2D eigenvalue weighted by atomic mass is 10.0. The summed E-state index contributed by atoms with van der Waals surface area (Å²) in [6.07, 6.45) is -1.29. The predicted octanol–water partition coefficient (Wildman–Crippen LogP) is 2.71. The molecular weight excluding hydrogens is 500 g/mol. The van der Waals surface area contributed by atoms with Crippen molar-refractivity contribution in [2.75, 3.05) is 25.5 Å². The Labute approximate surface area is 230 Å². The van der Waals surface area contributed by atoms with Crippen LogP contribution in [-0.4, -0.2) is 61.5 Å². The number of aliphatic hydroxyl groups excluding tert-OH is 1. The third kappa shape index (κ3) is 10.4. The number of hydrogen-bond acceptors (Lipinski definition) is 7. The number of benzene rings is 2. The van der Waals surface area contributed by atoms with E-state index in [2.05, 4.69) is 16.0 Å². The van der Waals surface area contributed by atoms with Crippen molar-refractivity contribution in [3.05, 3.63) is 65.7 Å².